The summed E-state index contributed by atoms with van der Waals surface area (Å²) in [6.07, 6.45) is 0.893. The molecule has 0 bridgehead atoms. The summed E-state index contributed by atoms with van der Waals surface area (Å²) in [6, 6.07) is 13.8. The average Bonchev–Trinajstić information content (AvgIpc) is 2.78. The largest absolute Gasteiger partial charge is 0.323 e. The molecule has 0 N–H and O–H groups in total. The summed E-state index contributed by atoms with van der Waals surface area (Å²) >= 11 is 12.7. The fourth-order valence-electron chi connectivity index (χ4n) is 2.75. The zero-order valence-electron chi connectivity index (χ0n) is 13.6. The van der Waals surface area contributed by atoms with Gasteiger partial charge in [0.2, 0.25) is 0 Å². The van der Waals surface area contributed by atoms with Crippen molar-refractivity contribution in [3.05, 3.63) is 63.9 Å². The lowest BCUT2D eigenvalue weighted by atomic mass is 9.92. The number of imidazole rings is 1. The van der Waals surface area contributed by atoms with E-state index >= 15 is 0 Å². The first-order valence-electron chi connectivity index (χ1n) is 7.72. The second-order valence-electron chi connectivity index (χ2n) is 7.04. The van der Waals surface area contributed by atoms with Crippen LogP contribution in [0, 0.1) is 5.41 Å². The van der Waals surface area contributed by atoms with Crippen molar-refractivity contribution in [3.8, 4) is 0 Å². The Hall–Kier alpha value is -1.51. The maximum Gasteiger partial charge on any atom is 0.110 e. The van der Waals surface area contributed by atoms with Crippen LogP contribution in [0.5, 0.6) is 0 Å². The third kappa shape index (κ3) is 3.54. The van der Waals surface area contributed by atoms with Crippen LogP contribution in [0.15, 0.2) is 42.5 Å². The number of aromatic nitrogens is 2. The molecule has 0 unspecified atom stereocenters. The van der Waals surface area contributed by atoms with Crippen LogP contribution < -0.4 is 0 Å². The molecule has 2 nitrogen and oxygen atoms in total. The molecule has 0 aliphatic heterocycles. The summed E-state index contributed by atoms with van der Waals surface area (Å²) in [5.74, 6) is 1.06. The standard InChI is InChI=1S/C19H20Cl2N2/c1-19(2,3)11-18-22-16-9-4-5-10-17(16)23(18)12-13-14(20)7-6-8-15(13)21/h4-10H,11-12H2,1-3H3. The molecule has 2 aromatic carbocycles. The highest BCUT2D eigenvalue weighted by Crippen LogP contribution is 2.29. The number of para-hydroxylation sites is 2. The third-order valence-corrected chi connectivity index (χ3v) is 4.51. The molecule has 0 aliphatic carbocycles. The molecule has 0 spiro atoms. The molecular formula is C19H20Cl2N2. The maximum absolute atomic E-state index is 6.36. The Balaban J connectivity index is 2.13. The molecule has 0 saturated heterocycles. The van der Waals surface area contributed by atoms with Crippen LogP contribution in [0.3, 0.4) is 0 Å². The van der Waals surface area contributed by atoms with Crippen LogP contribution in [0.25, 0.3) is 11.0 Å². The fourth-order valence-corrected chi connectivity index (χ4v) is 3.27. The lowest BCUT2D eigenvalue weighted by molar-refractivity contribution is 0.394. The highest BCUT2D eigenvalue weighted by atomic mass is 35.5. The van der Waals surface area contributed by atoms with Crippen molar-refractivity contribution in [2.45, 2.75) is 33.7 Å². The predicted octanol–water partition coefficient (Wildman–Crippen LogP) is 5.98. The zero-order chi connectivity index (χ0) is 16.6. The normalized spacial score (nSPS) is 12.0. The van der Waals surface area contributed by atoms with Crippen LogP contribution in [0.2, 0.25) is 10.0 Å². The first kappa shape index (κ1) is 16.4. The second kappa shape index (κ2) is 6.18. The quantitative estimate of drug-likeness (QED) is 0.570. The molecule has 3 rings (SSSR count). The monoisotopic (exact) mass is 346 g/mol. The number of rotatable bonds is 3. The Morgan fingerprint density at radius 3 is 2.26 bits per heavy atom. The van der Waals surface area contributed by atoms with E-state index in [4.69, 9.17) is 28.2 Å². The van der Waals surface area contributed by atoms with E-state index < -0.39 is 0 Å². The summed E-state index contributed by atoms with van der Waals surface area (Å²) in [6.45, 7) is 7.29. The maximum atomic E-state index is 6.36. The Labute approximate surface area is 147 Å². The molecule has 1 aromatic heterocycles. The third-order valence-electron chi connectivity index (χ3n) is 3.80. The van der Waals surface area contributed by atoms with Crippen LogP contribution in [0.1, 0.15) is 32.2 Å². The van der Waals surface area contributed by atoms with Crippen molar-refractivity contribution in [2.75, 3.05) is 0 Å². The molecule has 0 radical (unpaired) electrons. The summed E-state index contributed by atoms with van der Waals surface area (Å²) in [4.78, 5) is 4.83. The molecule has 0 saturated carbocycles. The number of halogens is 2. The van der Waals surface area contributed by atoms with Crippen molar-refractivity contribution < 1.29 is 0 Å². The Morgan fingerprint density at radius 2 is 1.61 bits per heavy atom. The van der Waals surface area contributed by atoms with E-state index in [1.807, 2.05) is 36.4 Å². The molecule has 23 heavy (non-hydrogen) atoms. The highest BCUT2D eigenvalue weighted by molar-refractivity contribution is 6.36. The van der Waals surface area contributed by atoms with Crippen LogP contribution in [0.4, 0.5) is 0 Å². The van der Waals surface area contributed by atoms with Crippen LogP contribution >= 0.6 is 23.2 Å². The van der Waals surface area contributed by atoms with Crippen molar-refractivity contribution in [3.63, 3.8) is 0 Å². The van der Waals surface area contributed by atoms with E-state index in [0.717, 1.165) is 28.8 Å². The minimum atomic E-state index is 0.156. The Kier molecular flexibility index (Phi) is 4.39. The van der Waals surface area contributed by atoms with Gasteiger partial charge in [-0.15, -0.1) is 0 Å². The van der Waals surface area contributed by atoms with Gasteiger partial charge in [0.1, 0.15) is 5.82 Å². The SMILES string of the molecule is CC(C)(C)Cc1nc2ccccc2n1Cc1c(Cl)cccc1Cl. The van der Waals surface area contributed by atoms with E-state index in [-0.39, 0.29) is 5.41 Å². The Bertz CT molecular complexity index is 824. The second-order valence-corrected chi connectivity index (χ2v) is 7.85. The predicted molar refractivity (Wildman–Crippen MR) is 98.5 cm³/mol. The van der Waals surface area contributed by atoms with Gasteiger partial charge < -0.3 is 4.57 Å². The molecule has 0 amide bonds. The summed E-state index contributed by atoms with van der Waals surface area (Å²) in [5.41, 5.74) is 3.22. The Morgan fingerprint density at radius 1 is 0.957 bits per heavy atom. The fraction of sp³-hybridized carbons (Fsp3) is 0.316. The molecule has 120 valence electrons. The van der Waals surface area contributed by atoms with E-state index in [0.29, 0.717) is 16.6 Å². The van der Waals surface area contributed by atoms with E-state index in [1.54, 1.807) is 0 Å². The molecule has 1 heterocycles. The molecule has 0 fully saturated rings. The number of hydrogen-bond acceptors (Lipinski definition) is 1. The van der Waals surface area contributed by atoms with Gasteiger partial charge in [-0.1, -0.05) is 62.2 Å². The minimum absolute atomic E-state index is 0.156. The highest BCUT2D eigenvalue weighted by Gasteiger charge is 2.19. The summed E-state index contributed by atoms with van der Waals surface area (Å²) in [7, 11) is 0. The number of fused-ring (bicyclic) bond motifs is 1. The number of hydrogen-bond donors (Lipinski definition) is 0. The van der Waals surface area contributed by atoms with E-state index in [2.05, 4.69) is 31.4 Å². The molecule has 4 heteroatoms. The van der Waals surface area contributed by atoms with Gasteiger partial charge in [0.25, 0.3) is 0 Å². The first-order chi connectivity index (χ1) is 10.8. The van der Waals surface area contributed by atoms with E-state index in [9.17, 15) is 0 Å². The molecule has 3 aromatic rings. The molecular weight excluding hydrogens is 327 g/mol. The van der Waals surface area contributed by atoms with Crippen molar-refractivity contribution >= 4 is 34.2 Å². The first-order valence-corrected chi connectivity index (χ1v) is 8.48. The van der Waals surface area contributed by atoms with Crippen LogP contribution in [-0.4, -0.2) is 9.55 Å². The average molecular weight is 347 g/mol. The van der Waals surface area contributed by atoms with Gasteiger partial charge in [-0.05, 0) is 29.7 Å². The van der Waals surface area contributed by atoms with Crippen molar-refractivity contribution in [1.29, 1.82) is 0 Å². The smallest absolute Gasteiger partial charge is 0.110 e. The van der Waals surface area contributed by atoms with Crippen molar-refractivity contribution in [1.82, 2.24) is 9.55 Å². The van der Waals surface area contributed by atoms with Gasteiger partial charge in [0.05, 0.1) is 17.6 Å². The summed E-state index contributed by atoms with van der Waals surface area (Å²) < 4.78 is 2.23. The number of nitrogens with zero attached hydrogens (tertiary/aromatic N) is 2. The number of benzene rings is 2. The molecule has 0 aliphatic rings. The zero-order valence-corrected chi connectivity index (χ0v) is 15.1. The van der Waals surface area contributed by atoms with Gasteiger partial charge in [0.15, 0.2) is 0 Å². The lowest BCUT2D eigenvalue weighted by Gasteiger charge is -2.19. The van der Waals surface area contributed by atoms with Gasteiger partial charge >= 0.3 is 0 Å². The topological polar surface area (TPSA) is 17.8 Å². The lowest BCUT2D eigenvalue weighted by Crippen LogP contribution is -2.15. The van der Waals surface area contributed by atoms with Gasteiger partial charge in [-0.2, -0.15) is 0 Å². The van der Waals surface area contributed by atoms with Gasteiger partial charge in [0, 0.05) is 22.0 Å². The molecule has 0 atom stereocenters. The van der Waals surface area contributed by atoms with Gasteiger partial charge in [-0.25, -0.2) is 4.98 Å². The van der Waals surface area contributed by atoms with E-state index in [1.165, 1.54) is 0 Å². The van der Waals surface area contributed by atoms with Gasteiger partial charge in [-0.3, -0.25) is 0 Å². The minimum Gasteiger partial charge on any atom is -0.323 e. The van der Waals surface area contributed by atoms with Crippen molar-refractivity contribution in [2.24, 2.45) is 5.41 Å². The summed E-state index contributed by atoms with van der Waals surface area (Å²) in [5, 5.41) is 1.38. The van der Waals surface area contributed by atoms with Crippen LogP contribution in [-0.2, 0) is 13.0 Å².